The molecule has 0 saturated heterocycles. The molecule has 1 heteroatoms. The second kappa shape index (κ2) is 3.72. The molecule has 0 aromatic carbocycles. The van der Waals surface area contributed by atoms with Crippen molar-refractivity contribution < 1.29 is 4.79 Å². The van der Waals surface area contributed by atoms with Gasteiger partial charge in [-0.05, 0) is 31.3 Å². The minimum atomic E-state index is -0.228. The summed E-state index contributed by atoms with van der Waals surface area (Å²) in [7, 11) is 0. The summed E-state index contributed by atoms with van der Waals surface area (Å²) in [5.41, 5.74) is -0.254. The third kappa shape index (κ3) is 1.68. The molecule has 1 aliphatic carbocycles. The lowest BCUT2D eigenvalue weighted by molar-refractivity contribution is -0.128. The van der Waals surface area contributed by atoms with E-state index in [0.717, 1.165) is 12.8 Å². The van der Waals surface area contributed by atoms with Gasteiger partial charge in [0, 0.05) is 5.41 Å². The van der Waals surface area contributed by atoms with Gasteiger partial charge < -0.3 is 0 Å². The number of allylic oxidation sites excluding steroid dienone is 4. The molecule has 1 unspecified atom stereocenters. The van der Waals surface area contributed by atoms with E-state index in [9.17, 15) is 4.79 Å². The fourth-order valence-electron chi connectivity index (χ4n) is 2.03. The molecular weight excluding hydrogens is 172 g/mol. The fraction of sp³-hybridized carbons (Fsp3) is 0.615. The summed E-state index contributed by atoms with van der Waals surface area (Å²) in [6, 6.07) is 0. The predicted octanol–water partition coefficient (Wildman–Crippen LogP) is 3.51. The van der Waals surface area contributed by atoms with Crippen LogP contribution >= 0.6 is 0 Å². The van der Waals surface area contributed by atoms with Crippen molar-refractivity contribution in [3.8, 4) is 0 Å². The van der Waals surface area contributed by atoms with Crippen molar-refractivity contribution in [3.05, 3.63) is 24.3 Å². The maximum atomic E-state index is 12.0. The summed E-state index contributed by atoms with van der Waals surface area (Å²) in [6.07, 6.45) is 9.88. The van der Waals surface area contributed by atoms with Gasteiger partial charge in [-0.3, -0.25) is 4.79 Å². The Bertz CT molecular complexity index is 284. The number of carbonyl (C=O) groups is 1. The van der Waals surface area contributed by atoms with E-state index in [1.165, 1.54) is 0 Å². The molecule has 78 valence electrons. The monoisotopic (exact) mass is 192 g/mol. The molecule has 0 fully saturated rings. The zero-order chi connectivity index (χ0) is 10.8. The van der Waals surface area contributed by atoms with Crippen LogP contribution in [0.3, 0.4) is 0 Å². The Labute approximate surface area is 86.9 Å². The zero-order valence-electron chi connectivity index (χ0n) is 9.63. The van der Waals surface area contributed by atoms with Gasteiger partial charge in [-0.2, -0.15) is 0 Å². The standard InChI is InChI=1S/C13H20O/c1-5-8-11(14)13(4)10-7-6-9-12(13,2)3/h5-6,8-9H,7,10H2,1-4H3/b8-5+. The molecular formula is C13H20O. The highest BCUT2D eigenvalue weighted by atomic mass is 16.1. The molecule has 0 aromatic rings. The van der Waals surface area contributed by atoms with E-state index in [4.69, 9.17) is 0 Å². The van der Waals surface area contributed by atoms with Crippen LogP contribution in [0, 0.1) is 10.8 Å². The molecule has 1 aliphatic rings. The summed E-state index contributed by atoms with van der Waals surface area (Å²) in [5, 5.41) is 0. The first-order valence-corrected chi connectivity index (χ1v) is 5.29. The molecule has 0 N–H and O–H groups in total. The molecule has 1 rings (SSSR count). The molecule has 0 heterocycles. The molecule has 1 nitrogen and oxygen atoms in total. The Morgan fingerprint density at radius 3 is 2.50 bits per heavy atom. The molecule has 1 atom stereocenters. The highest BCUT2D eigenvalue weighted by Gasteiger charge is 2.44. The topological polar surface area (TPSA) is 17.1 Å². The largest absolute Gasteiger partial charge is 0.294 e. The number of rotatable bonds is 2. The Hall–Kier alpha value is -0.850. The number of ketones is 1. The van der Waals surface area contributed by atoms with E-state index >= 15 is 0 Å². The van der Waals surface area contributed by atoms with E-state index in [2.05, 4.69) is 32.9 Å². The van der Waals surface area contributed by atoms with Crippen LogP contribution in [0.4, 0.5) is 0 Å². The van der Waals surface area contributed by atoms with Crippen LogP contribution in [0.15, 0.2) is 24.3 Å². The summed E-state index contributed by atoms with van der Waals surface area (Å²) in [5.74, 6) is 0.259. The zero-order valence-corrected chi connectivity index (χ0v) is 9.63. The highest BCUT2D eigenvalue weighted by Crippen LogP contribution is 2.47. The van der Waals surface area contributed by atoms with Crippen LogP contribution in [0.1, 0.15) is 40.5 Å². The second-order valence-corrected chi connectivity index (χ2v) is 4.86. The van der Waals surface area contributed by atoms with Crippen LogP contribution in [0.2, 0.25) is 0 Å². The minimum absolute atomic E-state index is 0.0259. The Morgan fingerprint density at radius 1 is 1.36 bits per heavy atom. The van der Waals surface area contributed by atoms with Gasteiger partial charge in [0.15, 0.2) is 5.78 Å². The van der Waals surface area contributed by atoms with E-state index in [0.29, 0.717) is 0 Å². The van der Waals surface area contributed by atoms with E-state index in [1.807, 2.05) is 13.0 Å². The number of hydrogen-bond acceptors (Lipinski definition) is 1. The molecule has 0 bridgehead atoms. The molecule has 0 radical (unpaired) electrons. The first-order valence-electron chi connectivity index (χ1n) is 5.29. The first kappa shape index (κ1) is 11.2. The smallest absolute Gasteiger partial charge is 0.162 e. The van der Waals surface area contributed by atoms with Crippen molar-refractivity contribution in [2.24, 2.45) is 10.8 Å². The van der Waals surface area contributed by atoms with Crippen molar-refractivity contribution in [2.45, 2.75) is 40.5 Å². The summed E-state index contributed by atoms with van der Waals surface area (Å²) < 4.78 is 0. The highest BCUT2D eigenvalue weighted by molar-refractivity contribution is 5.95. The Morgan fingerprint density at radius 2 is 2.00 bits per heavy atom. The Kier molecular flexibility index (Phi) is 2.98. The molecule has 0 aromatic heterocycles. The average molecular weight is 192 g/mol. The normalized spacial score (nSPS) is 30.9. The van der Waals surface area contributed by atoms with Crippen LogP contribution in [0.25, 0.3) is 0 Å². The third-order valence-corrected chi connectivity index (χ3v) is 3.63. The van der Waals surface area contributed by atoms with Gasteiger partial charge in [-0.15, -0.1) is 0 Å². The van der Waals surface area contributed by atoms with Gasteiger partial charge >= 0.3 is 0 Å². The van der Waals surface area contributed by atoms with Gasteiger partial charge in [0.1, 0.15) is 0 Å². The molecule has 0 aliphatic heterocycles. The summed E-state index contributed by atoms with van der Waals surface area (Å²) in [6.45, 7) is 8.26. The van der Waals surface area contributed by atoms with Crippen molar-refractivity contribution in [3.63, 3.8) is 0 Å². The van der Waals surface area contributed by atoms with E-state index in [-0.39, 0.29) is 16.6 Å². The van der Waals surface area contributed by atoms with Crippen LogP contribution in [0.5, 0.6) is 0 Å². The fourth-order valence-corrected chi connectivity index (χ4v) is 2.03. The van der Waals surface area contributed by atoms with Gasteiger partial charge in [0.05, 0.1) is 0 Å². The summed E-state index contributed by atoms with van der Waals surface area (Å²) >= 11 is 0. The van der Waals surface area contributed by atoms with Crippen LogP contribution < -0.4 is 0 Å². The van der Waals surface area contributed by atoms with Crippen LogP contribution in [-0.4, -0.2) is 5.78 Å². The lowest BCUT2D eigenvalue weighted by Gasteiger charge is -2.43. The third-order valence-electron chi connectivity index (χ3n) is 3.63. The number of carbonyl (C=O) groups excluding carboxylic acids is 1. The quantitative estimate of drug-likeness (QED) is 0.483. The van der Waals surface area contributed by atoms with E-state index in [1.54, 1.807) is 6.08 Å². The summed E-state index contributed by atoms with van der Waals surface area (Å²) in [4.78, 5) is 12.0. The van der Waals surface area contributed by atoms with Gasteiger partial charge in [-0.25, -0.2) is 0 Å². The minimum Gasteiger partial charge on any atom is -0.294 e. The lowest BCUT2D eigenvalue weighted by Crippen LogP contribution is -2.41. The molecule has 14 heavy (non-hydrogen) atoms. The van der Waals surface area contributed by atoms with Crippen molar-refractivity contribution in [2.75, 3.05) is 0 Å². The van der Waals surface area contributed by atoms with Gasteiger partial charge in [0.2, 0.25) is 0 Å². The van der Waals surface area contributed by atoms with Gasteiger partial charge in [-0.1, -0.05) is 39.0 Å². The second-order valence-electron chi connectivity index (χ2n) is 4.86. The molecule has 0 saturated carbocycles. The Balaban J connectivity index is 3.03. The average Bonchev–Trinajstić information content (AvgIpc) is 2.10. The van der Waals surface area contributed by atoms with Gasteiger partial charge in [0.25, 0.3) is 0 Å². The maximum Gasteiger partial charge on any atom is 0.162 e. The van der Waals surface area contributed by atoms with Crippen LogP contribution in [-0.2, 0) is 4.79 Å². The van der Waals surface area contributed by atoms with Crippen molar-refractivity contribution in [1.82, 2.24) is 0 Å². The number of hydrogen-bond donors (Lipinski definition) is 0. The van der Waals surface area contributed by atoms with Crippen molar-refractivity contribution >= 4 is 5.78 Å². The van der Waals surface area contributed by atoms with E-state index < -0.39 is 0 Å². The lowest BCUT2D eigenvalue weighted by atomic mass is 9.59. The SMILES string of the molecule is C/C=C/C(=O)C1(C)CCC=CC1(C)C. The van der Waals surface area contributed by atoms with Crippen molar-refractivity contribution in [1.29, 1.82) is 0 Å². The maximum absolute atomic E-state index is 12.0. The predicted molar refractivity (Wildman–Crippen MR) is 60.1 cm³/mol. The molecule has 0 amide bonds. The molecule has 0 spiro atoms. The first-order chi connectivity index (χ1) is 6.44.